The third kappa shape index (κ3) is 3.00. The van der Waals surface area contributed by atoms with Crippen LogP contribution in [-0.2, 0) is 16.0 Å². The molecule has 1 aliphatic rings. The second-order valence-corrected chi connectivity index (χ2v) is 5.96. The summed E-state index contributed by atoms with van der Waals surface area (Å²) in [5, 5.41) is 3.52. The van der Waals surface area contributed by atoms with Crippen molar-refractivity contribution in [3.8, 4) is 0 Å². The highest BCUT2D eigenvalue weighted by atomic mass is 16.5. The number of fused-ring (bicyclic) bond motifs is 1. The molecule has 0 saturated carbocycles. The molecule has 0 unspecified atom stereocenters. The molecule has 118 valence electrons. The van der Waals surface area contributed by atoms with Crippen LogP contribution in [0.5, 0.6) is 0 Å². The molecule has 0 aliphatic heterocycles. The monoisotopic (exact) mass is 307 g/mol. The predicted octanol–water partition coefficient (Wildman–Crippen LogP) is 3.79. The lowest BCUT2D eigenvalue weighted by Crippen LogP contribution is -2.19. The summed E-state index contributed by atoms with van der Waals surface area (Å²) < 4.78 is 4.98. The van der Waals surface area contributed by atoms with Crippen molar-refractivity contribution in [1.82, 2.24) is 5.32 Å². The summed E-state index contributed by atoms with van der Waals surface area (Å²) >= 11 is 0. The minimum Gasteiger partial charge on any atom is -0.466 e. The molecule has 3 nitrogen and oxygen atoms in total. The van der Waals surface area contributed by atoms with Gasteiger partial charge in [-0.15, -0.1) is 0 Å². The van der Waals surface area contributed by atoms with Gasteiger partial charge in [0.25, 0.3) is 0 Å². The van der Waals surface area contributed by atoms with Gasteiger partial charge >= 0.3 is 5.97 Å². The molecule has 0 spiro atoms. The Balaban J connectivity index is 1.98. The van der Waals surface area contributed by atoms with Gasteiger partial charge in [-0.25, -0.2) is 4.79 Å². The van der Waals surface area contributed by atoms with Crippen LogP contribution in [0.3, 0.4) is 0 Å². The number of nitrogens with one attached hydrogen (secondary N) is 1. The highest BCUT2D eigenvalue weighted by Crippen LogP contribution is 2.34. The zero-order valence-corrected chi connectivity index (χ0v) is 13.7. The second kappa shape index (κ2) is 6.29. The Morgan fingerprint density at radius 3 is 2.61 bits per heavy atom. The number of carbonyl (C=O) groups excluding carboxylic acids is 1. The molecule has 0 bridgehead atoms. The average Bonchev–Trinajstić information content (AvgIpc) is 2.93. The fourth-order valence-corrected chi connectivity index (χ4v) is 3.02. The van der Waals surface area contributed by atoms with Gasteiger partial charge in [0.15, 0.2) is 0 Å². The number of benzene rings is 2. The van der Waals surface area contributed by atoms with E-state index in [1.807, 2.05) is 18.2 Å². The molecule has 0 heterocycles. The van der Waals surface area contributed by atoms with Crippen molar-refractivity contribution in [3.05, 3.63) is 76.4 Å². The van der Waals surface area contributed by atoms with Crippen molar-refractivity contribution in [3.63, 3.8) is 0 Å². The Bertz CT molecular complexity index is 762. The molecule has 23 heavy (non-hydrogen) atoms. The summed E-state index contributed by atoms with van der Waals surface area (Å²) in [4.78, 5) is 12.2. The number of ether oxygens (including phenoxy) is 1. The van der Waals surface area contributed by atoms with Crippen LogP contribution in [-0.4, -0.2) is 13.1 Å². The lowest BCUT2D eigenvalue weighted by molar-refractivity contribution is -0.136. The van der Waals surface area contributed by atoms with Gasteiger partial charge in [-0.2, -0.15) is 0 Å². The molecule has 0 fully saturated rings. The SMILES string of the molecule is COC(=O)C1=C(N[C@@H](C)c2ccccc2)c2cc(C)ccc2C1. The first kappa shape index (κ1) is 15.3. The molecule has 1 atom stereocenters. The summed E-state index contributed by atoms with van der Waals surface area (Å²) in [5.41, 5.74) is 6.24. The molecule has 1 aliphatic carbocycles. The molecule has 0 amide bonds. The van der Waals surface area contributed by atoms with Gasteiger partial charge in [0.2, 0.25) is 0 Å². The maximum Gasteiger partial charge on any atom is 0.336 e. The Labute approximate surface area is 137 Å². The van der Waals surface area contributed by atoms with E-state index >= 15 is 0 Å². The van der Waals surface area contributed by atoms with Crippen molar-refractivity contribution in [2.45, 2.75) is 26.3 Å². The van der Waals surface area contributed by atoms with Crippen molar-refractivity contribution in [2.75, 3.05) is 7.11 Å². The Morgan fingerprint density at radius 1 is 1.17 bits per heavy atom. The van der Waals surface area contributed by atoms with Crippen molar-refractivity contribution in [2.24, 2.45) is 0 Å². The van der Waals surface area contributed by atoms with Crippen LogP contribution in [0.4, 0.5) is 0 Å². The van der Waals surface area contributed by atoms with Crippen LogP contribution in [0, 0.1) is 6.92 Å². The van der Waals surface area contributed by atoms with Gasteiger partial charge in [0, 0.05) is 18.0 Å². The van der Waals surface area contributed by atoms with Crippen LogP contribution >= 0.6 is 0 Å². The zero-order valence-electron chi connectivity index (χ0n) is 13.7. The summed E-state index contributed by atoms with van der Waals surface area (Å²) in [5.74, 6) is -0.262. The van der Waals surface area contributed by atoms with Crippen LogP contribution < -0.4 is 5.32 Å². The van der Waals surface area contributed by atoms with E-state index in [0.29, 0.717) is 12.0 Å². The first-order valence-electron chi connectivity index (χ1n) is 7.83. The topological polar surface area (TPSA) is 38.3 Å². The lowest BCUT2D eigenvalue weighted by Gasteiger charge is -2.19. The van der Waals surface area contributed by atoms with Crippen LogP contribution in [0.2, 0.25) is 0 Å². The Hall–Kier alpha value is -2.55. The number of hydrogen-bond acceptors (Lipinski definition) is 3. The fraction of sp³-hybridized carbons (Fsp3) is 0.250. The van der Waals surface area contributed by atoms with Gasteiger partial charge < -0.3 is 10.1 Å². The molecule has 0 saturated heterocycles. The molecular weight excluding hydrogens is 286 g/mol. The smallest absolute Gasteiger partial charge is 0.336 e. The summed E-state index contributed by atoms with van der Waals surface area (Å²) in [6.45, 7) is 4.17. The van der Waals surface area contributed by atoms with Crippen molar-refractivity contribution >= 4 is 11.7 Å². The van der Waals surface area contributed by atoms with E-state index in [1.165, 1.54) is 23.8 Å². The third-order valence-electron chi connectivity index (χ3n) is 4.30. The summed E-state index contributed by atoms with van der Waals surface area (Å²) in [6, 6.07) is 16.6. The molecular formula is C20H21NO2. The van der Waals surface area contributed by atoms with E-state index in [2.05, 4.69) is 49.5 Å². The molecule has 1 N–H and O–H groups in total. The highest BCUT2D eigenvalue weighted by molar-refractivity contribution is 6.00. The second-order valence-electron chi connectivity index (χ2n) is 5.96. The van der Waals surface area contributed by atoms with E-state index in [4.69, 9.17) is 4.74 Å². The normalized spacial score (nSPS) is 14.4. The largest absolute Gasteiger partial charge is 0.466 e. The molecule has 3 rings (SSSR count). The number of hydrogen-bond donors (Lipinski definition) is 1. The van der Waals surface area contributed by atoms with Crippen LogP contribution in [0.15, 0.2) is 54.1 Å². The van der Waals surface area contributed by atoms with E-state index in [-0.39, 0.29) is 12.0 Å². The first-order valence-corrected chi connectivity index (χ1v) is 7.83. The van der Waals surface area contributed by atoms with E-state index in [9.17, 15) is 4.79 Å². The standard InChI is InChI=1S/C20H21NO2/c1-13-9-10-16-12-18(20(22)23-3)19(17(16)11-13)21-14(2)15-7-5-4-6-8-15/h4-11,14,21H,12H2,1-3H3/t14-/m0/s1. The molecule has 2 aromatic carbocycles. The van der Waals surface area contributed by atoms with Gasteiger partial charge in [-0.1, -0.05) is 48.0 Å². The van der Waals surface area contributed by atoms with Gasteiger partial charge in [-0.3, -0.25) is 0 Å². The molecule has 3 heteroatoms. The van der Waals surface area contributed by atoms with Crippen molar-refractivity contribution in [1.29, 1.82) is 0 Å². The van der Waals surface area contributed by atoms with Gasteiger partial charge in [0.05, 0.1) is 18.4 Å². The minimum absolute atomic E-state index is 0.109. The molecule has 2 aromatic rings. The van der Waals surface area contributed by atoms with Gasteiger partial charge in [0.1, 0.15) is 0 Å². The van der Waals surface area contributed by atoms with E-state index in [0.717, 1.165) is 11.3 Å². The summed E-state index contributed by atoms with van der Waals surface area (Å²) in [7, 11) is 1.43. The summed E-state index contributed by atoms with van der Waals surface area (Å²) in [6.07, 6.45) is 0.617. The number of rotatable bonds is 4. The van der Waals surface area contributed by atoms with Gasteiger partial charge in [-0.05, 0) is 31.0 Å². The number of aryl methyl sites for hydroxylation is 1. The lowest BCUT2D eigenvalue weighted by atomic mass is 10.0. The molecule has 0 aromatic heterocycles. The Morgan fingerprint density at radius 2 is 1.91 bits per heavy atom. The number of methoxy groups -OCH3 is 1. The quantitative estimate of drug-likeness (QED) is 0.874. The van der Waals surface area contributed by atoms with Crippen molar-refractivity contribution < 1.29 is 9.53 Å². The zero-order chi connectivity index (χ0) is 16.4. The predicted molar refractivity (Wildman–Crippen MR) is 91.8 cm³/mol. The van der Waals surface area contributed by atoms with Crippen LogP contribution in [0.25, 0.3) is 5.70 Å². The van der Waals surface area contributed by atoms with E-state index in [1.54, 1.807) is 0 Å². The maximum atomic E-state index is 12.2. The minimum atomic E-state index is -0.262. The fourth-order valence-electron chi connectivity index (χ4n) is 3.02. The highest BCUT2D eigenvalue weighted by Gasteiger charge is 2.28. The Kier molecular flexibility index (Phi) is 4.20. The number of esters is 1. The molecule has 0 radical (unpaired) electrons. The van der Waals surface area contributed by atoms with E-state index < -0.39 is 0 Å². The first-order chi connectivity index (χ1) is 11.1. The maximum absolute atomic E-state index is 12.2. The number of carbonyl (C=O) groups is 1. The third-order valence-corrected chi connectivity index (χ3v) is 4.30. The van der Waals surface area contributed by atoms with Crippen LogP contribution in [0.1, 0.15) is 35.2 Å². The average molecular weight is 307 g/mol.